The van der Waals surface area contributed by atoms with Crippen LogP contribution in [0.5, 0.6) is 0 Å². The van der Waals surface area contributed by atoms with Crippen LogP contribution >= 0.6 is 22.9 Å². The minimum absolute atomic E-state index is 0.827. The van der Waals surface area contributed by atoms with Crippen LogP contribution in [0.15, 0.2) is 78.9 Å². The number of thiophene rings is 1. The smallest absolute Gasteiger partial charge is 0.0505 e. The minimum Gasteiger partial charge on any atom is -0.134 e. The molecular weight excluding hydrogens is 332 g/mol. The highest BCUT2D eigenvalue weighted by Crippen LogP contribution is 2.43. The summed E-state index contributed by atoms with van der Waals surface area (Å²) in [5, 5.41) is 5.82. The molecule has 5 aromatic rings. The zero-order valence-electron chi connectivity index (χ0n) is 12.8. The van der Waals surface area contributed by atoms with E-state index in [0.717, 1.165) is 5.02 Å². The second-order valence-corrected chi connectivity index (χ2v) is 7.42. The zero-order valence-corrected chi connectivity index (χ0v) is 14.4. The Hall–Kier alpha value is -2.35. The van der Waals surface area contributed by atoms with E-state index in [-0.39, 0.29) is 0 Å². The first-order valence-corrected chi connectivity index (χ1v) is 9.10. The molecule has 0 N–H and O–H groups in total. The summed E-state index contributed by atoms with van der Waals surface area (Å²) in [6, 6.07) is 27.7. The summed E-state index contributed by atoms with van der Waals surface area (Å²) >= 11 is 8.52. The summed E-state index contributed by atoms with van der Waals surface area (Å²) in [5.41, 5.74) is 2.37. The van der Waals surface area contributed by atoms with Gasteiger partial charge in [-0.05, 0) is 34.0 Å². The third kappa shape index (κ3) is 2.06. The van der Waals surface area contributed by atoms with Crippen molar-refractivity contribution in [1.29, 1.82) is 0 Å². The van der Waals surface area contributed by atoms with Crippen LogP contribution in [-0.4, -0.2) is 0 Å². The van der Waals surface area contributed by atoms with Crippen molar-refractivity contribution in [2.45, 2.75) is 0 Å². The van der Waals surface area contributed by atoms with E-state index in [9.17, 15) is 0 Å². The van der Waals surface area contributed by atoms with E-state index < -0.39 is 0 Å². The number of fused-ring (bicyclic) bond motifs is 5. The van der Waals surface area contributed by atoms with Crippen molar-refractivity contribution >= 4 is 53.9 Å². The van der Waals surface area contributed by atoms with Gasteiger partial charge in [-0.15, -0.1) is 11.3 Å². The Labute approximate surface area is 148 Å². The van der Waals surface area contributed by atoms with Crippen molar-refractivity contribution < 1.29 is 0 Å². The number of halogens is 1. The van der Waals surface area contributed by atoms with Gasteiger partial charge in [-0.3, -0.25) is 0 Å². The van der Waals surface area contributed by atoms with Crippen LogP contribution < -0.4 is 0 Å². The highest BCUT2D eigenvalue weighted by atomic mass is 35.5. The van der Waals surface area contributed by atoms with E-state index >= 15 is 0 Å². The quantitative estimate of drug-likeness (QED) is 0.295. The maximum atomic E-state index is 6.69. The van der Waals surface area contributed by atoms with Gasteiger partial charge in [0.1, 0.15) is 0 Å². The minimum atomic E-state index is 0.827. The molecule has 0 aliphatic rings. The molecule has 0 unspecified atom stereocenters. The number of rotatable bonds is 1. The van der Waals surface area contributed by atoms with Crippen molar-refractivity contribution in [1.82, 2.24) is 0 Å². The average molecular weight is 345 g/mol. The molecule has 0 aliphatic heterocycles. The third-order valence-electron chi connectivity index (χ3n) is 4.52. The molecule has 0 spiro atoms. The van der Waals surface area contributed by atoms with E-state index in [1.807, 2.05) is 17.4 Å². The lowest BCUT2D eigenvalue weighted by Crippen LogP contribution is -1.78. The molecule has 2 heteroatoms. The molecule has 0 radical (unpaired) electrons. The molecule has 1 heterocycles. The molecule has 114 valence electrons. The van der Waals surface area contributed by atoms with Gasteiger partial charge in [0, 0.05) is 20.2 Å². The van der Waals surface area contributed by atoms with Gasteiger partial charge in [0.25, 0.3) is 0 Å². The van der Waals surface area contributed by atoms with E-state index in [1.54, 1.807) is 0 Å². The first kappa shape index (κ1) is 14.0. The summed E-state index contributed by atoms with van der Waals surface area (Å²) < 4.78 is 2.56. The molecule has 0 fully saturated rings. The highest BCUT2D eigenvalue weighted by Gasteiger charge is 2.13. The molecule has 0 bridgehead atoms. The van der Waals surface area contributed by atoms with Crippen LogP contribution in [0.1, 0.15) is 0 Å². The summed E-state index contributed by atoms with van der Waals surface area (Å²) in [6.45, 7) is 0. The van der Waals surface area contributed by atoms with Crippen LogP contribution in [0.3, 0.4) is 0 Å². The fourth-order valence-corrected chi connectivity index (χ4v) is 5.06. The molecule has 0 atom stereocenters. The van der Waals surface area contributed by atoms with E-state index in [4.69, 9.17) is 11.6 Å². The first-order valence-electron chi connectivity index (χ1n) is 7.90. The fraction of sp³-hybridized carbons (Fsp3) is 0. The monoisotopic (exact) mass is 344 g/mol. The first-order chi connectivity index (χ1) is 11.8. The summed E-state index contributed by atoms with van der Waals surface area (Å²) in [7, 11) is 0. The largest absolute Gasteiger partial charge is 0.134 e. The summed E-state index contributed by atoms with van der Waals surface area (Å²) in [5.74, 6) is 0. The van der Waals surface area contributed by atoms with Gasteiger partial charge < -0.3 is 0 Å². The lowest BCUT2D eigenvalue weighted by Gasteiger charge is -2.04. The van der Waals surface area contributed by atoms with E-state index in [1.165, 1.54) is 42.1 Å². The number of hydrogen-bond acceptors (Lipinski definition) is 1. The Morgan fingerprint density at radius 1 is 0.667 bits per heavy atom. The number of benzene rings is 4. The molecule has 1 aromatic heterocycles. The Morgan fingerprint density at radius 3 is 2.33 bits per heavy atom. The van der Waals surface area contributed by atoms with Gasteiger partial charge in [0.15, 0.2) is 0 Å². The Kier molecular flexibility index (Phi) is 3.12. The van der Waals surface area contributed by atoms with Crippen molar-refractivity contribution in [2.24, 2.45) is 0 Å². The topological polar surface area (TPSA) is 0 Å². The predicted molar refractivity (Wildman–Crippen MR) is 107 cm³/mol. The molecule has 0 amide bonds. The normalized spacial score (nSPS) is 11.5. The van der Waals surface area contributed by atoms with Crippen LogP contribution in [0.2, 0.25) is 5.02 Å². The van der Waals surface area contributed by atoms with Crippen LogP contribution in [0, 0.1) is 0 Å². The Morgan fingerprint density at radius 2 is 1.46 bits per heavy atom. The van der Waals surface area contributed by atoms with Gasteiger partial charge in [0.2, 0.25) is 0 Å². The van der Waals surface area contributed by atoms with Gasteiger partial charge in [-0.2, -0.15) is 0 Å². The van der Waals surface area contributed by atoms with Crippen molar-refractivity contribution in [3.8, 4) is 11.1 Å². The van der Waals surface area contributed by atoms with Crippen molar-refractivity contribution in [2.75, 3.05) is 0 Å². The fourth-order valence-electron chi connectivity index (χ4n) is 3.38. The van der Waals surface area contributed by atoms with Gasteiger partial charge in [0.05, 0.1) is 5.02 Å². The van der Waals surface area contributed by atoms with Crippen LogP contribution in [0.25, 0.3) is 42.1 Å². The van der Waals surface area contributed by atoms with Crippen molar-refractivity contribution in [3.63, 3.8) is 0 Å². The van der Waals surface area contributed by atoms with Gasteiger partial charge in [-0.25, -0.2) is 0 Å². The lowest BCUT2D eigenvalue weighted by atomic mass is 10.0. The molecule has 24 heavy (non-hydrogen) atoms. The maximum Gasteiger partial charge on any atom is 0.0505 e. The summed E-state index contributed by atoms with van der Waals surface area (Å²) in [4.78, 5) is 0. The average Bonchev–Trinajstić information content (AvgIpc) is 3.02. The predicted octanol–water partition coefficient (Wildman–Crippen LogP) is 7.53. The van der Waals surface area contributed by atoms with Crippen LogP contribution in [0.4, 0.5) is 0 Å². The standard InChI is InChI=1S/C22H13ClS/c23-19-12-16(14-6-2-1-3-7-14)13-20-21(19)18-11-10-15-8-4-5-9-17(15)22(18)24-20/h1-13H. The second-order valence-electron chi connectivity index (χ2n) is 5.96. The maximum absolute atomic E-state index is 6.69. The molecule has 0 aliphatic carbocycles. The van der Waals surface area contributed by atoms with Crippen LogP contribution in [-0.2, 0) is 0 Å². The highest BCUT2D eigenvalue weighted by molar-refractivity contribution is 7.26. The van der Waals surface area contributed by atoms with E-state index in [0.29, 0.717) is 0 Å². The molecule has 0 saturated carbocycles. The Balaban J connectivity index is 1.88. The number of hydrogen-bond donors (Lipinski definition) is 0. The van der Waals surface area contributed by atoms with Crippen molar-refractivity contribution in [3.05, 3.63) is 83.9 Å². The summed E-state index contributed by atoms with van der Waals surface area (Å²) in [6.07, 6.45) is 0. The SMILES string of the molecule is Clc1cc(-c2ccccc2)cc2sc3c4ccccc4ccc3c12. The molecule has 0 saturated heterocycles. The molecular formula is C22H13ClS. The van der Waals surface area contributed by atoms with Gasteiger partial charge >= 0.3 is 0 Å². The second kappa shape index (κ2) is 5.34. The van der Waals surface area contributed by atoms with Gasteiger partial charge in [-0.1, -0.05) is 78.3 Å². The Bertz CT molecular complexity index is 1200. The zero-order chi connectivity index (χ0) is 16.1. The molecule has 0 nitrogen and oxygen atoms in total. The third-order valence-corrected chi connectivity index (χ3v) is 6.01. The van der Waals surface area contributed by atoms with E-state index in [2.05, 4.69) is 72.8 Å². The molecule has 5 rings (SSSR count). The lowest BCUT2D eigenvalue weighted by molar-refractivity contribution is 1.66. The molecule has 4 aromatic carbocycles.